The van der Waals surface area contributed by atoms with Crippen molar-refractivity contribution in [1.82, 2.24) is 4.90 Å². The summed E-state index contributed by atoms with van der Waals surface area (Å²) < 4.78 is 12.2. The molecule has 2 aromatic carbocycles. The highest BCUT2D eigenvalue weighted by Gasteiger charge is 2.32. The van der Waals surface area contributed by atoms with Crippen LogP contribution in [0, 0.1) is 15.9 Å². The number of likely N-dealkylation sites (N-methyl/N-ethyl adjacent to an activating group) is 1. The number of hydrogen-bond acceptors (Lipinski definition) is 6. The number of rotatable bonds is 8. The Labute approximate surface area is 210 Å². The summed E-state index contributed by atoms with van der Waals surface area (Å²) in [6.07, 6.45) is 7.09. The Morgan fingerprint density at radius 1 is 1.30 bits per heavy atom. The lowest BCUT2D eigenvalue weighted by atomic mass is 10.2. The van der Waals surface area contributed by atoms with Crippen LogP contribution in [0.4, 0.5) is 5.69 Å². The minimum absolute atomic E-state index is 0.124. The monoisotopic (exact) mass is 576 g/mol. The van der Waals surface area contributed by atoms with Crippen molar-refractivity contribution in [2.45, 2.75) is 13.8 Å². The predicted octanol–water partition coefficient (Wildman–Crippen LogP) is 5.02. The van der Waals surface area contributed by atoms with Crippen LogP contribution in [-0.4, -0.2) is 46.8 Å². The molecule has 170 valence electrons. The van der Waals surface area contributed by atoms with E-state index in [0.29, 0.717) is 40.4 Å². The Hall–Kier alpha value is -2.97. The van der Waals surface area contributed by atoms with Gasteiger partial charge in [-0.2, -0.15) is 0 Å². The smallest absolute Gasteiger partial charge is 0.335 e. The fraction of sp³-hybridized carbons (Fsp3) is 0.208. The van der Waals surface area contributed by atoms with E-state index in [9.17, 15) is 14.7 Å². The van der Waals surface area contributed by atoms with Gasteiger partial charge in [-0.25, -0.2) is 9.79 Å². The first-order valence-corrected chi connectivity index (χ1v) is 11.9. The molecule has 2 aromatic rings. The summed E-state index contributed by atoms with van der Waals surface area (Å²) in [6, 6.07) is 9.99. The summed E-state index contributed by atoms with van der Waals surface area (Å²) in [5.41, 5.74) is 1.38. The first kappa shape index (κ1) is 24.7. The molecule has 1 fully saturated rings. The highest BCUT2D eigenvalue weighted by Crippen LogP contribution is 2.38. The molecule has 1 saturated heterocycles. The minimum Gasteiger partial charge on any atom is -0.490 e. The van der Waals surface area contributed by atoms with Gasteiger partial charge in [-0.1, -0.05) is 12.0 Å². The fourth-order valence-corrected chi connectivity index (χ4v) is 4.87. The van der Waals surface area contributed by atoms with Gasteiger partial charge in [0.25, 0.3) is 5.91 Å². The third-order valence-corrected chi connectivity index (χ3v) is 6.26. The molecule has 3 rings (SSSR count). The number of amidine groups is 1. The topological polar surface area (TPSA) is 88.4 Å². The van der Waals surface area contributed by atoms with Crippen LogP contribution in [0.15, 0.2) is 46.3 Å². The Bertz CT molecular complexity index is 1190. The van der Waals surface area contributed by atoms with Gasteiger partial charge in [-0.3, -0.25) is 9.69 Å². The second-order valence-electron chi connectivity index (χ2n) is 6.67. The van der Waals surface area contributed by atoms with E-state index in [1.807, 2.05) is 19.9 Å². The van der Waals surface area contributed by atoms with E-state index in [4.69, 9.17) is 15.9 Å². The Morgan fingerprint density at radius 3 is 2.76 bits per heavy atom. The van der Waals surface area contributed by atoms with Gasteiger partial charge in [0.15, 0.2) is 16.7 Å². The normalized spacial score (nSPS) is 15.7. The van der Waals surface area contributed by atoms with Gasteiger partial charge in [-0.15, -0.1) is 6.42 Å². The maximum atomic E-state index is 13.0. The van der Waals surface area contributed by atoms with Crippen molar-refractivity contribution in [3.63, 3.8) is 0 Å². The number of carbonyl (C=O) groups is 2. The van der Waals surface area contributed by atoms with Crippen molar-refractivity contribution in [2.24, 2.45) is 4.99 Å². The Morgan fingerprint density at radius 2 is 2.09 bits per heavy atom. The number of thioether (sulfide) groups is 1. The van der Waals surface area contributed by atoms with Crippen LogP contribution in [-0.2, 0) is 4.79 Å². The Kier molecular flexibility index (Phi) is 8.41. The van der Waals surface area contributed by atoms with Crippen molar-refractivity contribution < 1.29 is 24.2 Å². The van der Waals surface area contributed by atoms with Crippen molar-refractivity contribution in [3.8, 4) is 23.8 Å². The number of carbonyl (C=O) groups excluding carboxylic acids is 1. The molecule has 0 radical (unpaired) electrons. The molecule has 0 aromatic heterocycles. The largest absolute Gasteiger partial charge is 0.490 e. The first-order chi connectivity index (χ1) is 15.9. The lowest BCUT2D eigenvalue weighted by molar-refractivity contribution is -0.122. The van der Waals surface area contributed by atoms with Crippen molar-refractivity contribution in [3.05, 3.63) is 56.0 Å². The SMILES string of the molecule is C#CCOc1c(I)cc(/C=C2\SC(=Nc3cccc(C(=O)O)c3)N(CC)C2=O)cc1OCC. The van der Waals surface area contributed by atoms with Crippen LogP contribution in [0.3, 0.4) is 0 Å². The quantitative estimate of drug-likeness (QED) is 0.270. The number of terminal acetylenes is 1. The fourth-order valence-electron chi connectivity index (χ4n) is 3.03. The number of halogens is 1. The van der Waals surface area contributed by atoms with E-state index in [1.54, 1.807) is 29.2 Å². The molecule has 1 aliphatic heterocycles. The lowest BCUT2D eigenvalue weighted by Crippen LogP contribution is -2.28. The molecule has 0 bridgehead atoms. The molecule has 0 aliphatic carbocycles. The zero-order chi connectivity index (χ0) is 24.0. The summed E-state index contributed by atoms with van der Waals surface area (Å²) >= 11 is 3.38. The molecule has 0 atom stereocenters. The van der Waals surface area contributed by atoms with E-state index in [2.05, 4.69) is 33.5 Å². The van der Waals surface area contributed by atoms with Crippen LogP contribution >= 0.6 is 34.4 Å². The van der Waals surface area contributed by atoms with Gasteiger partial charge in [0.05, 0.1) is 26.3 Å². The highest BCUT2D eigenvalue weighted by molar-refractivity contribution is 14.1. The van der Waals surface area contributed by atoms with Crippen LogP contribution in [0.2, 0.25) is 0 Å². The van der Waals surface area contributed by atoms with Gasteiger partial charge in [0, 0.05) is 6.54 Å². The number of ether oxygens (including phenoxy) is 2. The van der Waals surface area contributed by atoms with Gasteiger partial charge in [-0.05, 0) is 90.2 Å². The summed E-state index contributed by atoms with van der Waals surface area (Å²) in [5.74, 6) is 2.36. The standard InChI is InChI=1S/C24H21IN2O5S/c1-4-10-32-21-18(25)11-15(12-19(21)31-6-3)13-20-22(28)27(5-2)24(33-20)26-17-9-7-8-16(14-17)23(29)30/h1,7-9,11-14H,5-6,10H2,2-3H3,(H,29,30)/b20-13-,26-24?. The van der Waals surface area contributed by atoms with E-state index in [1.165, 1.54) is 23.9 Å². The molecule has 0 unspecified atom stereocenters. The molecule has 0 spiro atoms. The molecular weight excluding hydrogens is 555 g/mol. The van der Waals surface area contributed by atoms with Crippen molar-refractivity contribution in [1.29, 1.82) is 0 Å². The maximum absolute atomic E-state index is 13.0. The molecular formula is C24H21IN2O5S. The molecule has 33 heavy (non-hydrogen) atoms. The van der Waals surface area contributed by atoms with Gasteiger partial charge < -0.3 is 14.6 Å². The number of carboxylic acid groups (broad SMARTS) is 1. The van der Waals surface area contributed by atoms with Crippen molar-refractivity contribution >= 4 is 63.2 Å². The number of hydrogen-bond donors (Lipinski definition) is 1. The van der Waals surface area contributed by atoms with Gasteiger partial charge in [0.2, 0.25) is 0 Å². The minimum atomic E-state index is -1.03. The lowest BCUT2D eigenvalue weighted by Gasteiger charge is -2.13. The molecule has 1 amide bonds. The van der Waals surface area contributed by atoms with Crippen LogP contribution in [0.25, 0.3) is 6.08 Å². The van der Waals surface area contributed by atoms with Gasteiger partial charge in [0.1, 0.15) is 6.61 Å². The summed E-state index contributed by atoms with van der Waals surface area (Å²) in [5, 5.41) is 9.70. The second kappa shape index (κ2) is 11.2. The Balaban J connectivity index is 1.96. The predicted molar refractivity (Wildman–Crippen MR) is 138 cm³/mol. The number of aromatic carboxylic acids is 1. The number of benzene rings is 2. The number of aliphatic imine (C=N–C) groups is 1. The summed E-state index contributed by atoms with van der Waals surface area (Å²) in [6.45, 7) is 4.74. The zero-order valence-corrected chi connectivity index (χ0v) is 21.0. The third kappa shape index (κ3) is 5.89. The summed E-state index contributed by atoms with van der Waals surface area (Å²) in [7, 11) is 0. The van der Waals surface area contributed by atoms with E-state index < -0.39 is 5.97 Å². The molecule has 7 nitrogen and oxygen atoms in total. The van der Waals surface area contributed by atoms with E-state index >= 15 is 0 Å². The maximum Gasteiger partial charge on any atom is 0.335 e. The van der Waals surface area contributed by atoms with E-state index in [0.717, 1.165) is 9.13 Å². The van der Waals surface area contributed by atoms with Crippen molar-refractivity contribution in [2.75, 3.05) is 19.8 Å². The average molecular weight is 576 g/mol. The van der Waals surface area contributed by atoms with Crippen LogP contribution in [0.5, 0.6) is 11.5 Å². The summed E-state index contributed by atoms with van der Waals surface area (Å²) in [4.78, 5) is 30.8. The molecule has 1 heterocycles. The second-order valence-corrected chi connectivity index (χ2v) is 8.84. The third-order valence-electron chi connectivity index (χ3n) is 4.45. The zero-order valence-electron chi connectivity index (χ0n) is 18.0. The van der Waals surface area contributed by atoms with E-state index in [-0.39, 0.29) is 18.1 Å². The molecule has 9 heteroatoms. The molecule has 0 saturated carbocycles. The van der Waals surface area contributed by atoms with Gasteiger partial charge >= 0.3 is 5.97 Å². The number of carboxylic acids is 1. The van der Waals surface area contributed by atoms with Crippen LogP contribution < -0.4 is 9.47 Å². The number of nitrogens with zero attached hydrogens (tertiary/aromatic N) is 2. The highest BCUT2D eigenvalue weighted by atomic mass is 127. The van der Waals surface area contributed by atoms with Crippen LogP contribution in [0.1, 0.15) is 29.8 Å². The average Bonchev–Trinajstić information content (AvgIpc) is 3.07. The molecule has 1 aliphatic rings. The first-order valence-electron chi connectivity index (χ1n) is 10.0. The molecule has 1 N–H and O–H groups in total. The number of amides is 1.